The smallest absolute Gasteiger partial charge is 0.255 e. The summed E-state index contributed by atoms with van der Waals surface area (Å²) < 4.78 is 0. The molecule has 0 aliphatic heterocycles. The number of hydrogen-bond acceptors (Lipinski definition) is 2. The van der Waals surface area contributed by atoms with E-state index >= 15 is 0 Å². The van der Waals surface area contributed by atoms with Crippen LogP contribution in [0.15, 0.2) is 48.5 Å². The average Bonchev–Trinajstić information content (AvgIpc) is 3.46. The zero-order valence-corrected chi connectivity index (χ0v) is 15.3. The zero-order chi connectivity index (χ0) is 18.4. The summed E-state index contributed by atoms with van der Waals surface area (Å²) in [6.07, 6.45) is 5.95. The third kappa shape index (κ3) is 5.45. The average molecular weight is 350 g/mol. The van der Waals surface area contributed by atoms with E-state index in [1.807, 2.05) is 48.5 Å². The third-order valence-electron chi connectivity index (χ3n) is 4.55. The third-order valence-corrected chi connectivity index (χ3v) is 4.55. The molecule has 0 radical (unpaired) electrons. The van der Waals surface area contributed by atoms with Crippen molar-refractivity contribution in [3.8, 4) is 0 Å². The Morgan fingerprint density at radius 3 is 2.23 bits per heavy atom. The molecule has 0 atom stereocenters. The number of unbranched alkanes of at least 4 members (excludes halogenated alkanes) is 1. The molecule has 136 valence electrons. The van der Waals surface area contributed by atoms with Crippen LogP contribution >= 0.6 is 0 Å². The highest BCUT2D eigenvalue weighted by Crippen LogP contribution is 2.19. The van der Waals surface area contributed by atoms with Gasteiger partial charge in [0, 0.05) is 17.3 Å². The molecule has 0 spiro atoms. The molecule has 2 amide bonds. The van der Waals surface area contributed by atoms with Crippen LogP contribution in [0.5, 0.6) is 0 Å². The topological polar surface area (TPSA) is 58.2 Å². The van der Waals surface area contributed by atoms with E-state index in [1.54, 1.807) is 0 Å². The molecule has 2 aromatic rings. The summed E-state index contributed by atoms with van der Waals surface area (Å²) in [5, 5.41) is 5.88. The van der Waals surface area contributed by atoms with Crippen LogP contribution in [0.1, 0.15) is 54.1 Å². The second-order valence-corrected chi connectivity index (χ2v) is 6.97. The van der Waals surface area contributed by atoms with Crippen LogP contribution in [0, 0.1) is 0 Å². The Labute approximate surface area is 155 Å². The highest BCUT2D eigenvalue weighted by molar-refractivity contribution is 6.04. The molecule has 4 nitrogen and oxygen atoms in total. The zero-order valence-electron chi connectivity index (χ0n) is 15.3. The van der Waals surface area contributed by atoms with Gasteiger partial charge in [-0.15, -0.1) is 0 Å². The Morgan fingerprint density at radius 2 is 1.62 bits per heavy atom. The lowest BCUT2D eigenvalue weighted by atomic mass is 10.1. The summed E-state index contributed by atoms with van der Waals surface area (Å²) >= 11 is 0. The predicted octanol–water partition coefficient (Wildman–Crippen LogP) is 4.10. The predicted molar refractivity (Wildman–Crippen MR) is 104 cm³/mol. The van der Waals surface area contributed by atoms with Crippen LogP contribution in [0.25, 0.3) is 0 Å². The fourth-order valence-corrected chi connectivity index (χ4v) is 2.80. The first kappa shape index (κ1) is 18.2. The maximum absolute atomic E-state index is 12.4. The van der Waals surface area contributed by atoms with Crippen molar-refractivity contribution in [3.63, 3.8) is 0 Å². The summed E-state index contributed by atoms with van der Waals surface area (Å²) in [5.74, 6) is -0.0567. The molecule has 1 aliphatic rings. The second kappa shape index (κ2) is 8.65. The Morgan fingerprint density at radius 1 is 0.962 bits per heavy atom. The Hall–Kier alpha value is -2.62. The van der Waals surface area contributed by atoms with Crippen LogP contribution in [0.3, 0.4) is 0 Å². The van der Waals surface area contributed by atoms with E-state index in [-0.39, 0.29) is 11.8 Å². The summed E-state index contributed by atoms with van der Waals surface area (Å²) in [7, 11) is 0. The fraction of sp³-hybridized carbons (Fsp3) is 0.364. The summed E-state index contributed by atoms with van der Waals surface area (Å²) in [4.78, 5) is 24.2. The first-order valence-corrected chi connectivity index (χ1v) is 9.42. The Bertz CT molecular complexity index is 747. The molecule has 2 aromatic carbocycles. The van der Waals surface area contributed by atoms with Crippen molar-refractivity contribution in [2.75, 3.05) is 5.32 Å². The molecule has 1 fully saturated rings. The number of nitrogens with one attached hydrogen (secondary N) is 2. The van der Waals surface area contributed by atoms with E-state index < -0.39 is 0 Å². The van der Waals surface area contributed by atoms with Crippen LogP contribution in [0.2, 0.25) is 0 Å². The summed E-state index contributed by atoms with van der Waals surface area (Å²) in [5.41, 5.74) is 3.59. The van der Waals surface area contributed by atoms with E-state index in [0.717, 1.165) is 36.9 Å². The quantitative estimate of drug-likeness (QED) is 0.753. The van der Waals surface area contributed by atoms with Gasteiger partial charge in [-0.25, -0.2) is 0 Å². The lowest BCUT2D eigenvalue weighted by Gasteiger charge is -2.08. The first-order chi connectivity index (χ1) is 12.6. The van der Waals surface area contributed by atoms with Gasteiger partial charge in [0.05, 0.1) is 6.42 Å². The van der Waals surface area contributed by atoms with Crippen molar-refractivity contribution in [1.82, 2.24) is 5.32 Å². The SMILES string of the molecule is CCCCc1ccc(C(=O)Nc2ccc(CC(=O)NC3CC3)cc2)cc1. The molecule has 26 heavy (non-hydrogen) atoms. The van der Waals surface area contributed by atoms with Crippen LogP contribution in [-0.4, -0.2) is 17.9 Å². The van der Waals surface area contributed by atoms with Gasteiger partial charge in [-0.1, -0.05) is 37.6 Å². The van der Waals surface area contributed by atoms with Gasteiger partial charge in [-0.3, -0.25) is 9.59 Å². The van der Waals surface area contributed by atoms with Gasteiger partial charge in [0.1, 0.15) is 0 Å². The van der Waals surface area contributed by atoms with Gasteiger partial charge in [-0.2, -0.15) is 0 Å². The van der Waals surface area contributed by atoms with E-state index in [9.17, 15) is 9.59 Å². The number of carbonyl (C=O) groups excluding carboxylic acids is 2. The molecule has 4 heteroatoms. The van der Waals surface area contributed by atoms with Crippen molar-refractivity contribution >= 4 is 17.5 Å². The van der Waals surface area contributed by atoms with Crippen LogP contribution < -0.4 is 10.6 Å². The van der Waals surface area contributed by atoms with Crippen molar-refractivity contribution in [2.24, 2.45) is 0 Å². The molecule has 0 heterocycles. The molecular weight excluding hydrogens is 324 g/mol. The van der Waals surface area contributed by atoms with Crippen molar-refractivity contribution < 1.29 is 9.59 Å². The Balaban J connectivity index is 1.52. The maximum Gasteiger partial charge on any atom is 0.255 e. The molecule has 0 saturated heterocycles. The van der Waals surface area contributed by atoms with Gasteiger partial charge in [-0.05, 0) is 61.1 Å². The van der Waals surface area contributed by atoms with Gasteiger partial charge >= 0.3 is 0 Å². The summed E-state index contributed by atoms with van der Waals surface area (Å²) in [6.45, 7) is 2.17. The highest BCUT2D eigenvalue weighted by Gasteiger charge is 2.23. The molecule has 0 unspecified atom stereocenters. The summed E-state index contributed by atoms with van der Waals surface area (Å²) in [6, 6.07) is 15.6. The number of amides is 2. The largest absolute Gasteiger partial charge is 0.353 e. The minimum absolute atomic E-state index is 0.0625. The fourth-order valence-electron chi connectivity index (χ4n) is 2.80. The van der Waals surface area contributed by atoms with Gasteiger partial charge in [0.15, 0.2) is 0 Å². The van der Waals surface area contributed by atoms with Gasteiger partial charge in [0.2, 0.25) is 5.91 Å². The number of benzene rings is 2. The normalized spacial score (nSPS) is 13.3. The molecule has 1 aliphatic carbocycles. The van der Waals surface area contributed by atoms with Gasteiger partial charge in [0.25, 0.3) is 5.91 Å². The van der Waals surface area contributed by atoms with Crippen LogP contribution in [0.4, 0.5) is 5.69 Å². The van der Waals surface area contributed by atoms with Crippen molar-refractivity contribution in [1.29, 1.82) is 0 Å². The highest BCUT2D eigenvalue weighted by atomic mass is 16.2. The maximum atomic E-state index is 12.4. The minimum Gasteiger partial charge on any atom is -0.353 e. The number of hydrogen-bond donors (Lipinski definition) is 2. The van der Waals surface area contributed by atoms with E-state index in [2.05, 4.69) is 17.6 Å². The molecule has 1 saturated carbocycles. The van der Waals surface area contributed by atoms with Crippen LogP contribution in [-0.2, 0) is 17.6 Å². The molecule has 0 aromatic heterocycles. The first-order valence-electron chi connectivity index (χ1n) is 9.42. The van der Waals surface area contributed by atoms with Crippen molar-refractivity contribution in [3.05, 3.63) is 65.2 Å². The number of aryl methyl sites for hydroxylation is 1. The number of anilines is 1. The Kier molecular flexibility index (Phi) is 6.05. The minimum atomic E-state index is -0.119. The number of rotatable bonds is 8. The van der Waals surface area contributed by atoms with E-state index in [0.29, 0.717) is 18.0 Å². The molecule has 3 rings (SSSR count). The van der Waals surface area contributed by atoms with Gasteiger partial charge < -0.3 is 10.6 Å². The van der Waals surface area contributed by atoms with E-state index in [1.165, 1.54) is 12.0 Å². The standard InChI is InChI=1S/C22H26N2O2/c1-2-3-4-16-5-9-18(10-6-16)22(26)24-20-11-7-17(8-12-20)15-21(25)23-19-13-14-19/h5-12,19H,2-4,13-15H2,1H3,(H,23,25)(H,24,26). The molecule has 2 N–H and O–H groups in total. The van der Waals surface area contributed by atoms with Crippen molar-refractivity contribution in [2.45, 2.75) is 51.5 Å². The lowest BCUT2D eigenvalue weighted by molar-refractivity contribution is -0.120. The monoisotopic (exact) mass is 350 g/mol. The molecule has 0 bridgehead atoms. The lowest BCUT2D eigenvalue weighted by Crippen LogP contribution is -2.26. The number of carbonyl (C=O) groups is 2. The molecular formula is C22H26N2O2. The van der Waals surface area contributed by atoms with E-state index in [4.69, 9.17) is 0 Å². The second-order valence-electron chi connectivity index (χ2n) is 6.97.